The minimum Gasteiger partial charge on any atom is -0.0757 e. The van der Waals surface area contributed by atoms with Crippen LogP contribution in [-0.4, -0.2) is 0 Å². The van der Waals surface area contributed by atoms with E-state index >= 15 is 0 Å². The van der Waals surface area contributed by atoms with Gasteiger partial charge in [-0.2, -0.15) is 0 Å². The van der Waals surface area contributed by atoms with Crippen LogP contribution in [0.3, 0.4) is 0 Å². The summed E-state index contributed by atoms with van der Waals surface area (Å²) >= 11 is 0. The summed E-state index contributed by atoms with van der Waals surface area (Å²) in [4.78, 5) is 0. The highest BCUT2D eigenvalue weighted by Gasteiger charge is 2.13. The fourth-order valence-electron chi connectivity index (χ4n) is 4.32. The first-order valence-electron chi connectivity index (χ1n) is 11.1. The summed E-state index contributed by atoms with van der Waals surface area (Å²) in [6.45, 7) is 0. The van der Waals surface area contributed by atoms with Crippen LogP contribution in [0.5, 0.6) is 0 Å². The highest BCUT2D eigenvalue weighted by molar-refractivity contribution is 6.05. The van der Waals surface area contributed by atoms with Crippen molar-refractivity contribution in [1.82, 2.24) is 0 Å². The summed E-state index contributed by atoms with van der Waals surface area (Å²) in [6.07, 6.45) is 7.95. The van der Waals surface area contributed by atoms with Gasteiger partial charge >= 0.3 is 0 Å². The van der Waals surface area contributed by atoms with Gasteiger partial charge in [-0.05, 0) is 63.8 Å². The molecule has 0 aromatic heterocycles. The largest absolute Gasteiger partial charge is 0.0757 e. The fraction of sp³-hybridized carbons (Fsp3) is 0.0968. The number of rotatable bonds is 5. The van der Waals surface area contributed by atoms with Crippen molar-refractivity contribution in [2.45, 2.75) is 19.3 Å². The van der Waals surface area contributed by atoms with Crippen molar-refractivity contribution in [3.8, 4) is 11.1 Å². The van der Waals surface area contributed by atoms with E-state index in [-0.39, 0.29) is 0 Å². The van der Waals surface area contributed by atoms with Gasteiger partial charge in [0.1, 0.15) is 0 Å². The lowest BCUT2D eigenvalue weighted by atomic mass is 9.87. The van der Waals surface area contributed by atoms with Crippen molar-refractivity contribution in [1.29, 1.82) is 0 Å². The van der Waals surface area contributed by atoms with Crippen LogP contribution in [0.1, 0.15) is 35.1 Å². The maximum atomic E-state index is 2.39. The molecular formula is C31H26. The van der Waals surface area contributed by atoms with Crippen LogP contribution >= 0.6 is 0 Å². The van der Waals surface area contributed by atoms with E-state index in [9.17, 15) is 0 Å². The normalized spacial score (nSPS) is 13.4. The Bertz CT molecular complexity index is 1190. The van der Waals surface area contributed by atoms with Gasteiger partial charge in [0, 0.05) is 0 Å². The molecule has 4 aromatic carbocycles. The maximum Gasteiger partial charge on any atom is -0.00258 e. The second-order valence-electron chi connectivity index (χ2n) is 8.12. The van der Waals surface area contributed by atoms with Crippen LogP contribution < -0.4 is 0 Å². The van der Waals surface area contributed by atoms with E-state index in [4.69, 9.17) is 0 Å². The maximum absolute atomic E-state index is 2.39. The first-order chi connectivity index (χ1) is 15.4. The van der Waals surface area contributed by atoms with Gasteiger partial charge in [0.05, 0.1) is 0 Å². The first-order valence-corrected chi connectivity index (χ1v) is 11.1. The van der Waals surface area contributed by atoms with E-state index in [0.717, 1.165) is 19.3 Å². The molecule has 0 saturated carbocycles. The molecular weight excluding hydrogens is 372 g/mol. The summed E-state index contributed by atoms with van der Waals surface area (Å²) in [5.41, 5.74) is 10.5. The Labute approximate surface area is 185 Å². The Morgan fingerprint density at radius 2 is 0.774 bits per heavy atom. The molecule has 4 aromatic rings. The highest BCUT2D eigenvalue weighted by Crippen LogP contribution is 2.35. The van der Waals surface area contributed by atoms with Crippen LogP contribution in [0, 0.1) is 0 Å². The lowest BCUT2D eigenvalue weighted by molar-refractivity contribution is 1.04. The van der Waals surface area contributed by atoms with Gasteiger partial charge in [0.2, 0.25) is 0 Å². The predicted molar refractivity (Wildman–Crippen MR) is 133 cm³/mol. The summed E-state index contributed by atoms with van der Waals surface area (Å²) in [6, 6.07) is 39.3. The lowest BCUT2D eigenvalue weighted by Crippen LogP contribution is -1.96. The second-order valence-corrected chi connectivity index (χ2v) is 8.12. The van der Waals surface area contributed by atoms with Crippen molar-refractivity contribution in [2.75, 3.05) is 0 Å². The van der Waals surface area contributed by atoms with Crippen LogP contribution in [0.2, 0.25) is 0 Å². The van der Waals surface area contributed by atoms with E-state index in [2.05, 4.69) is 121 Å². The molecule has 31 heavy (non-hydrogen) atoms. The van der Waals surface area contributed by atoms with E-state index in [0.29, 0.717) is 0 Å². The van der Waals surface area contributed by atoms with Gasteiger partial charge < -0.3 is 0 Å². The third-order valence-corrected chi connectivity index (χ3v) is 5.97. The molecule has 0 unspecified atom stereocenters. The third-order valence-electron chi connectivity index (χ3n) is 5.97. The molecule has 0 spiro atoms. The van der Waals surface area contributed by atoms with E-state index in [1.54, 1.807) is 0 Å². The Hall–Kier alpha value is -3.64. The fourth-order valence-corrected chi connectivity index (χ4v) is 4.32. The zero-order valence-corrected chi connectivity index (χ0v) is 17.7. The van der Waals surface area contributed by atoms with Gasteiger partial charge in [-0.25, -0.2) is 0 Å². The average Bonchev–Trinajstić information content (AvgIpc) is 2.86. The Morgan fingerprint density at radius 3 is 1.29 bits per heavy atom. The molecule has 0 heterocycles. The molecule has 150 valence electrons. The molecule has 1 aliphatic rings. The number of allylic oxidation sites excluding steroid dienone is 4. The Balaban J connectivity index is 1.32. The van der Waals surface area contributed by atoms with Gasteiger partial charge in [0.15, 0.2) is 0 Å². The first kappa shape index (κ1) is 19.3. The van der Waals surface area contributed by atoms with Crippen molar-refractivity contribution in [3.05, 3.63) is 144 Å². The van der Waals surface area contributed by atoms with Gasteiger partial charge in [-0.15, -0.1) is 0 Å². The summed E-state index contributed by atoms with van der Waals surface area (Å²) in [5.74, 6) is 0. The third kappa shape index (κ3) is 4.44. The van der Waals surface area contributed by atoms with Crippen molar-refractivity contribution in [2.24, 2.45) is 0 Å². The lowest BCUT2D eigenvalue weighted by Gasteiger charge is -2.17. The quantitative estimate of drug-likeness (QED) is 0.318. The van der Waals surface area contributed by atoms with Gasteiger partial charge in [-0.3, -0.25) is 0 Å². The number of benzene rings is 4. The zero-order chi connectivity index (χ0) is 20.9. The summed E-state index contributed by atoms with van der Waals surface area (Å²) in [7, 11) is 0. The van der Waals surface area contributed by atoms with Crippen LogP contribution in [0.4, 0.5) is 0 Å². The van der Waals surface area contributed by atoms with E-state index in [1.807, 2.05) is 0 Å². The molecule has 0 fully saturated rings. The zero-order valence-electron chi connectivity index (χ0n) is 17.7. The number of hydrogen-bond acceptors (Lipinski definition) is 0. The molecule has 0 amide bonds. The van der Waals surface area contributed by atoms with Crippen molar-refractivity contribution >= 4 is 11.1 Å². The van der Waals surface area contributed by atoms with E-state index in [1.165, 1.54) is 44.5 Å². The van der Waals surface area contributed by atoms with Crippen LogP contribution in [0.15, 0.2) is 121 Å². The van der Waals surface area contributed by atoms with Gasteiger partial charge in [0.25, 0.3) is 0 Å². The second kappa shape index (κ2) is 9.02. The molecule has 0 saturated heterocycles. The molecule has 1 aliphatic carbocycles. The summed E-state index contributed by atoms with van der Waals surface area (Å²) < 4.78 is 0. The molecule has 5 rings (SSSR count). The molecule has 0 bridgehead atoms. The molecule has 0 radical (unpaired) electrons. The Morgan fingerprint density at radius 1 is 0.387 bits per heavy atom. The summed E-state index contributed by atoms with van der Waals surface area (Å²) in [5, 5.41) is 0. The smallest absolute Gasteiger partial charge is 0.00258 e. The molecule has 0 heteroatoms. The molecule has 0 aliphatic heterocycles. The SMILES string of the molecule is C1=C(c2ccccc2)C(c2ccc(Cc3ccc(-c4ccccc4)cc3)cc2)=CCC1. The van der Waals surface area contributed by atoms with Crippen LogP contribution in [0.25, 0.3) is 22.3 Å². The molecule has 0 N–H and O–H groups in total. The minimum absolute atomic E-state index is 0.954. The average molecular weight is 399 g/mol. The van der Waals surface area contributed by atoms with Crippen molar-refractivity contribution in [3.63, 3.8) is 0 Å². The highest BCUT2D eigenvalue weighted by atomic mass is 14.2. The monoisotopic (exact) mass is 398 g/mol. The topological polar surface area (TPSA) is 0 Å². The predicted octanol–water partition coefficient (Wildman–Crippen LogP) is 8.21. The van der Waals surface area contributed by atoms with Gasteiger partial charge in [-0.1, -0.05) is 121 Å². The standard InChI is InChI=1S/C31H26/c1-3-9-26(10-4-1)27-19-15-24(16-20-27)23-25-17-21-29(22-18-25)31-14-8-7-13-30(31)28-11-5-2-6-12-28/h1-6,9-22H,7-8,23H2. The molecule has 0 nitrogen and oxygen atoms in total. The Kier molecular flexibility index (Phi) is 5.62. The molecule has 0 atom stereocenters. The minimum atomic E-state index is 0.954. The van der Waals surface area contributed by atoms with Crippen LogP contribution in [-0.2, 0) is 6.42 Å². The van der Waals surface area contributed by atoms with Crippen molar-refractivity contribution < 1.29 is 0 Å². The number of hydrogen-bond donors (Lipinski definition) is 0. The van der Waals surface area contributed by atoms with E-state index < -0.39 is 0 Å².